The van der Waals surface area contributed by atoms with Crippen molar-refractivity contribution in [3.63, 3.8) is 0 Å². The summed E-state index contributed by atoms with van der Waals surface area (Å²) in [6.07, 6.45) is 3.69. The number of rotatable bonds is 80. The zero-order valence-electron chi connectivity index (χ0n) is 88.5. The van der Waals surface area contributed by atoms with Crippen LogP contribution < -0.4 is 101 Å². The van der Waals surface area contributed by atoms with E-state index in [0.717, 1.165) is 168 Å². The molecular weight excluding hydrogens is 2110 g/mol. The van der Waals surface area contributed by atoms with Crippen molar-refractivity contribution in [2.24, 2.45) is 124 Å². The lowest BCUT2D eigenvalue weighted by Gasteiger charge is -2.15. The molecule has 143 heavy (non-hydrogen) atoms. The molecule has 0 saturated carbocycles. The molecule has 0 aromatic carbocycles. The van der Waals surface area contributed by atoms with E-state index in [1.54, 1.807) is 117 Å². The van der Waals surface area contributed by atoms with Crippen LogP contribution in [0.5, 0.6) is 0 Å². The Balaban J connectivity index is -0.000000305. The third-order valence-electron chi connectivity index (χ3n) is 20.1. The lowest BCUT2D eigenvalue weighted by Crippen LogP contribution is -2.40. The molecule has 0 heterocycles. The molecule has 0 spiro atoms. The predicted molar refractivity (Wildman–Crippen MR) is 640 cm³/mol. The van der Waals surface area contributed by atoms with E-state index in [1.807, 2.05) is 150 Å². The van der Waals surface area contributed by atoms with Gasteiger partial charge in [-0.25, -0.2) is 52.6 Å². The van der Waals surface area contributed by atoms with Crippen LogP contribution in [0.3, 0.4) is 0 Å². The summed E-state index contributed by atoms with van der Waals surface area (Å²) in [4.78, 5) is 159. The lowest BCUT2D eigenvalue weighted by atomic mass is 10.00. The van der Waals surface area contributed by atoms with Crippen LogP contribution in [0.15, 0.2) is 85.1 Å². The molecule has 32 nitrogen and oxygen atoms in total. The molecule has 830 valence electrons. The topological polar surface area (TPSA) is 581 Å². The fraction of sp³-hybridized carbons (Fsp3) is 0.708. The van der Waals surface area contributed by atoms with E-state index < -0.39 is 29.6 Å². The van der Waals surface area contributed by atoms with Crippen molar-refractivity contribution in [1.82, 2.24) is 48.8 Å². The van der Waals surface area contributed by atoms with Gasteiger partial charge in [0.05, 0.1) is 23.7 Å². The van der Waals surface area contributed by atoms with Gasteiger partial charge in [0.25, 0.3) is 0 Å². The Labute approximate surface area is 922 Å². The Kier molecular flexibility index (Phi) is 111. The largest absolute Gasteiger partial charge is 0.300 e. The first kappa shape index (κ1) is 153. The van der Waals surface area contributed by atoms with Crippen LogP contribution >= 0.6 is 176 Å². The van der Waals surface area contributed by atoms with Gasteiger partial charge in [0, 0.05) is 212 Å². The number of ketones is 5. The predicted octanol–water partition coefficient (Wildman–Crippen LogP) is 12.8. The third-order valence-corrected chi connectivity index (χ3v) is 39.2. The van der Waals surface area contributed by atoms with E-state index in [9.17, 15) is 67.1 Å². The number of allylic oxidation sites excluding steroid dienone is 7. The van der Waals surface area contributed by atoms with Gasteiger partial charge in [-0.3, -0.25) is 116 Å². The van der Waals surface area contributed by atoms with Crippen molar-refractivity contribution in [2.45, 2.75) is 175 Å². The highest BCUT2D eigenvalue weighted by atomic mass is 32.2. The molecule has 0 aliphatic carbocycles. The highest BCUT2D eigenvalue weighted by Gasteiger charge is 2.26. The maximum absolute atomic E-state index is 11.7. The number of amides is 9. The van der Waals surface area contributed by atoms with Crippen LogP contribution in [-0.4, -0.2) is 255 Å². The van der Waals surface area contributed by atoms with Crippen molar-refractivity contribution in [3.05, 3.63) is 85.1 Å². The second-order valence-corrected chi connectivity index (χ2v) is 51.8. The number of carbonyl (C=O) groups excluding carboxylic acids is 14. The van der Waals surface area contributed by atoms with Gasteiger partial charge >= 0.3 is 0 Å². The molecule has 0 radical (unpaired) electrons. The van der Waals surface area contributed by atoms with Crippen molar-refractivity contribution >= 4 is 259 Å². The molecule has 47 heteroatoms. The highest BCUT2D eigenvalue weighted by molar-refractivity contribution is 8.06. The summed E-state index contributed by atoms with van der Waals surface area (Å²) in [5.41, 5.74) is 26.7. The number of nitrogens with two attached hydrogens (primary N) is 9. The Morgan fingerprint density at radius 1 is 0.196 bits per heavy atom. The zero-order valence-corrected chi connectivity index (χ0v) is 101. The zero-order chi connectivity index (χ0) is 111. The molecule has 0 aromatic heterocycles. The van der Waals surface area contributed by atoms with Gasteiger partial charge in [0.1, 0.15) is 28.9 Å². The van der Waals surface area contributed by atoms with Crippen LogP contribution in [0, 0.1) is 71.0 Å². The summed E-state index contributed by atoms with van der Waals surface area (Å²) in [5, 5.41) is 0. The van der Waals surface area contributed by atoms with Crippen LogP contribution in [0.4, 0.5) is 0 Å². The molecule has 0 saturated heterocycles. The number of Topliss-reactive ketones (excluding diaryl/α,β-unsaturated/α-hetero) is 5. The third kappa shape index (κ3) is 103. The minimum atomic E-state index is -0.512. The molecule has 9 amide bonds. The molecule has 0 aliphatic heterocycles. The van der Waals surface area contributed by atoms with Gasteiger partial charge in [0.15, 0.2) is 0 Å². The molecular formula is C96H182N18O14S15. The first-order valence-electron chi connectivity index (χ1n) is 47.1. The maximum atomic E-state index is 11.7. The molecule has 12 unspecified atom stereocenters. The average Bonchev–Trinajstić information content (AvgIpc) is 0.952. The van der Waals surface area contributed by atoms with Crippen molar-refractivity contribution in [1.29, 1.82) is 0 Å². The summed E-state index contributed by atoms with van der Waals surface area (Å²) >= 11 is 26.9. The Hall–Kier alpha value is -3.35. The highest BCUT2D eigenvalue weighted by Crippen LogP contribution is 2.27. The summed E-state index contributed by atoms with van der Waals surface area (Å²) in [7, 11) is 0. The number of hydrazine groups is 9. The first-order chi connectivity index (χ1) is 67.4. The van der Waals surface area contributed by atoms with Crippen molar-refractivity contribution < 1.29 is 67.1 Å². The number of hydrogen-bond acceptors (Lipinski definition) is 38. The smallest absolute Gasteiger partial charge is 0.238 e. The van der Waals surface area contributed by atoms with E-state index in [2.05, 4.69) is 122 Å². The van der Waals surface area contributed by atoms with Gasteiger partial charge in [-0.15, -0.1) is 19.7 Å². The van der Waals surface area contributed by atoms with E-state index in [4.69, 9.17) is 52.6 Å². The van der Waals surface area contributed by atoms with Gasteiger partial charge in [-0.1, -0.05) is 99.9 Å². The molecule has 0 bridgehead atoms. The fourth-order valence-electron chi connectivity index (χ4n) is 10.1. The maximum Gasteiger partial charge on any atom is 0.238 e. The quantitative estimate of drug-likeness (QED) is 0.00884. The second kappa shape index (κ2) is 104. The molecule has 0 aromatic rings. The molecule has 0 aliphatic rings. The van der Waals surface area contributed by atoms with Gasteiger partial charge in [0.2, 0.25) is 53.2 Å². The van der Waals surface area contributed by atoms with E-state index in [0.29, 0.717) is 59.5 Å². The van der Waals surface area contributed by atoms with Crippen LogP contribution in [-0.2, 0) is 67.1 Å². The second-order valence-electron chi connectivity index (χ2n) is 34.4. The molecule has 0 rings (SSSR count). The summed E-state index contributed by atoms with van der Waals surface area (Å²) < 4.78 is 0. The minimum absolute atomic E-state index is 0.00466. The molecule has 0 fully saturated rings. The summed E-state index contributed by atoms with van der Waals surface area (Å²) in [6, 6.07) is 0. The Bertz CT molecular complexity index is 3640. The van der Waals surface area contributed by atoms with Crippen LogP contribution in [0.1, 0.15) is 175 Å². The average molecular weight is 2290 g/mol. The Morgan fingerprint density at radius 2 is 0.350 bits per heavy atom. The van der Waals surface area contributed by atoms with Crippen LogP contribution in [0.25, 0.3) is 0 Å². The number of thioether (sulfide) groups is 15. The van der Waals surface area contributed by atoms with Gasteiger partial charge < -0.3 is 0 Å². The fourth-order valence-corrected chi connectivity index (χ4v) is 28.3. The Morgan fingerprint density at radius 3 is 0.503 bits per heavy atom. The van der Waals surface area contributed by atoms with Gasteiger partial charge in [-0.2, -0.15) is 176 Å². The van der Waals surface area contributed by atoms with E-state index in [1.165, 1.54) is 39.6 Å². The lowest BCUT2D eigenvalue weighted by molar-refractivity contribution is -0.129. The van der Waals surface area contributed by atoms with Crippen molar-refractivity contribution in [2.75, 3.05) is 173 Å². The number of hydrogen-bond donors (Lipinski definition) is 18. The first-order valence-corrected chi connectivity index (χ1v) is 64.5. The van der Waals surface area contributed by atoms with Crippen molar-refractivity contribution in [3.8, 4) is 0 Å². The standard InChI is InChI=1S/C17H32N4O3S3.C15H28N4O3S2.C15H30N4O2S3.C14H28N2OS3.C13H26N4O2S2.C12H20O2S.C10H18OS/c1-12(2)8-14(13(3)22)10-26-6-4-25-5-7-27-11-15(17(24)21-19)9-16(23)20-18;1-10(2)6-12(11(3)20)8-23-4-5-24-9-13(15(22)19-17)7-14(21)18-16;1-11(2)12(3)9-23-6-4-22-5-7-24-10-13(15(21)19-17)8-14(20)18-16;1-11(2)12(3)9-19-7-5-18-6-8-20-10-13(4)14(17)16-15;1-9(2)10(3)7-20-4-5-21-8-11(13(19)17-15)6-12(18)16-14;1-9(2)7-12(11(4)14)8-15-6-5-10(3)13;1-8(2)9(3)7-12-6-5-10(4)11/h14-15H,1,4-11,18-19H2,2-3H3,(H,20,23)(H,21,24);12-13H,1,4-9,16-17H2,2-3H3,(H,18,21)(H,19,22);12-13H,1,4-10,16-17H2,2-3H3,(H,18,20)(H,19,21);12-13H,1,5-10,15H2,2-4H3,(H,16,17);10-11H,1,4-8,14-15H2,2-3H3,(H,16,18)(H,17,19);12H,1,5-8H2,2-4H3;9H,1,5-7H2,2-4H3. The monoisotopic (exact) mass is 2290 g/mol. The summed E-state index contributed by atoms with van der Waals surface area (Å²) in [6.45, 7) is 60.2. The van der Waals surface area contributed by atoms with Crippen LogP contribution in [0.2, 0.25) is 0 Å². The number of carbonyl (C=O) groups is 14. The normalized spacial score (nSPS) is 13.0. The molecule has 27 N–H and O–H groups in total. The summed E-state index contributed by atoms with van der Waals surface area (Å²) in [5.74, 6) is 72.4. The van der Waals surface area contributed by atoms with Gasteiger partial charge in [-0.05, 0) is 149 Å². The molecule has 12 atom stereocenters. The SMILES string of the molecule is C=C(C)C(C)CSCCC(C)=O.C=C(C)C(C)CSCCSCC(CC(=O)NN)C(=O)NN.C=C(C)C(C)CSCCSCCSCC(C)C(=O)NN.C=C(C)C(C)CSCCSCCSCC(CC(=O)NN)C(=O)NN.C=C(C)CC(CSCCC(C)=O)C(C)=O.C=C(C)CC(CSCCSCC(CC(=O)NN)C(=O)NN)C(C)=O.C=C(C)CC(CSCCSCCSCC(CC(=O)NN)C(=O)NN)C(C)=O. The number of nitrogens with one attached hydrogen (secondary N) is 9. The minimum Gasteiger partial charge on any atom is -0.300 e. The van der Waals surface area contributed by atoms with E-state index >= 15 is 0 Å². The van der Waals surface area contributed by atoms with E-state index in [-0.39, 0.29) is 126 Å².